The van der Waals surface area contributed by atoms with E-state index < -0.39 is 0 Å². The summed E-state index contributed by atoms with van der Waals surface area (Å²) in [6.45, 7) is 3.21. The largest absolute Gasteiger partial charge is 0.431 e. The van der Waals surface area contributed by atoms with Gasteiger partial charge in [-0.3, -0.25) is 9.59 Å². The summed E-state index contributed by atoms with van der Waals surface area (Å²) in [6.07, 6.45) is 0. The molecule has 3 rings (SSSR count). The van der Waals surface area contributed by atoms with Crippen LogP contribution in [0, 0.1) is 6.92 Å². The highest BCUT2D eigenvalue weighted by molar-refractivity contribution is 7.99. The van der Waals surface area contributed by atoms with E-state index in [-0.39, 0.29) is 17.4 Å². The standard InChI is InChI=1S/C15H12ClN3O3S2/c1-7-13(8(2)20)24-14(17-7)19-12(21)6-23-15-18-10-5-9(16)3-4-11(10)22-15/h3-5H,6H2,1-2H3,(H,17,19,21). The number of Topliss-reactive ketones (excluding diaryl/α,β-unsaturated/α-hetero) is 1. The molecule has 24 heavy (non-hydrogen) atoms. The van der Waals surface area contributed by atoms with Crippen molar-refractivity contribution in [3.05, 3.63) is 33.8 Å². The molecule has 9 heteroatoms. The van der Waals surface area contributed by atoms with Gasteiger partial charge in [0.05, 0.1) is 16.3 Å². The first-order valence-electron chi connectivity index (χ1n) is 6.89. The van der Waals surface area contributed by atoms with Crippen molar-refractivity contribution in [3.63, 3.8) is 0 Å². The monoisotopic (exact) mass is 381 g/mol. The van der Waals surface area contributed by atoms with Crippen molar-refractivity contribution in [2.24, 2.45) is 0 Å². The maximum absolute atomic E-state index is 12.0. The Labute approximate surface area is 150 Å². The Morgan fingerprint density at radius 1 is 1.38 bits per heavy atom. The lowest BCUT2D eigenvalue weighted by atomic mass is 10.3. The SMILES string of the molecule is CC(=O)c1sc(NC(=O)CSc2nc3cc(Cl)ccc3o2)nc1C. The van der Waals surface area contributed by atoms with E-state index in [0.717, 1.165) is 0 Å². The molecule has 1 amide bonds. The van der Waals surface area contributed by atoms with Crippen LogP contribution in [0.5, 0.6) is 0 Å². The minimum atomic E-state index is -0.246. The summed E-state index contributed by atoms with van der Waals surface area (Å²) in [7, 11) is 0. The molecule has 3 aromatic rings. The van der Waals surface area contributed by atoms with Gasteiger partial charge in [-0.2, -0.15) is 0 Å². The molecule has 0 bridgehead atoms. The summed E-state index contributed by atoms with van der Waals surface area (Å²) in [6, 6.07) is 5.15. The number of benzene rings is 1. The number of fused-ring (bicyclic) bond motifs is 1. The Morgan fingerprint density at radius 2 is 2.17 bits per heavy atom. The van der Waals surface area contributed by atoms with Crippen LogP contribution in [0.2, 0.25) is 5.02 Å². The molecule has 0 unspecified atom stereocenters. The summed E-state index contributed by atoms with van der Waals surface area (Å²) in [5, 5.41) is 4.05. The van der Waals surface area contributed by atoms with Crippen LogP contribution in [0.4, 0.5) is 5.13 Å². The third-order valence-corrected chi connectivity index (χ3v) is 5.26. The van der Waals surface area contributed by atoms with Crippen LogP contribution in [0.1, 0.15) is 22.3 Å². The zero-order chi connectivity index (χ0) is 17.3. The van der Waals surface area contributed by atoms with Crippen molar-refractivity contribution >= 4 is 62.6 Å². The summed E-state index contributed by atoms with van der Waals surface area (Å²) in [5.41, 5.74) is 1.88. The minimum Gasteiger partial charge on any atom is -0.431 e. The number of thiazole rings is 1. The van der Waals surface area contributed by atoms with E-state index in [1.165, 1.54) is 30.0 Å². The molecule has 6 nitrogen and oxygen atoms in total. The average Bonchev–Trinajstić information content (AvgIpc) is 3.07. The predicted octanol–water partition coefficient (Wildman–Crippen LogP) is 4.18. The Morgan fingerprint density at radius 3 is 2.88 bits per heavy atom. The molecule has 0 saturated heterocycles. The molecular weight excluding hydrogens is 370 g/mol. The quantitative estimate of drug-likeness (QED) is 0.527. The third-order valence-electron chi connectivity index (χ3n) is 3.02. The number of nitrogens with one attached hydrogen (secondary N) is 1. The molecule has 0 saturated carbocycles. The molecular formula is C15H12ClN3O3S2. The molecule has 1 aromatic carbocycles. The number of amides is 1. The number of hydrogen-bond acceptors (Lipinski definition) is 7. The molecule has 0 aliphatic rings. The molecule has 0 aliphatic carbocycles. The number of halogens is 1. The van der Waals surface area contributed by atoms with Gasteiger partial charge in [-0.25, -0.2) is 9.97 Å². The summed E-state index contributed by atoms with van der Waals surface area (Å²) >= 11 is 8.24. The van der Waals surface area contributed by atoms with E-state index in [1.807, 2.05) is 0 Å². The number of anilines is 1. The number of rotatable bonds is 5. The third kappa shape index (κ3) is 3.77. The lowest BCUT2D eigenvalue weighted by Crippen LogP contribution is -2.13. The maximum atomic E-state index is 12.0. The molecule has 1 N–H and O–H groups in total. The maximum Gasteiger partial charge on any atom is 0.257 e. The highest BCUT2D eigenvalue weighted by atomic mass is 35.5. The van der Waals surface area contributed by atoms with Crippen LogP contribution in [0.3, 0.4) is 0 Å². The van der Waals surface area contributed by atoms with Crippen LogP contribution in [0.15, 0.2) is 27.8 Å². The van der Waals surface area contributed by atoms with Crippen LogP contribution >= 0.6 is 34.7 Å². The van der Waals surface area contributed by atoms with Crippen LogP contribution in [-0.2, 0) is 4.79 Å². The number of carbonyl (C=O) groups excluding carboxylic acids is 2. The first kappa shape index (κ1) is 16.9. The highest BCUT2D eigenvalue weighted by Crippen LogP contribution is 2.26. The van der Waals surface area contributed by atoms with Gasteiger partial charge in [-0.1, -0.05) is 34.7 Å². The number of nitrogens with zero attached hydrogens (tertiary/aromatic N) is 2. The van der Waals surface area contributed by atoms with Gasteiger partial charge in [-0.05, 0) is 25.1 Å². The first-order chi connectivity index (χ1) is 11.4. The van der Waals surface area contributed by atoms with Crippen molar-refractivity contribution in [3.8, 4) is 0 Å². The zero-order valence-corrected chi connectivity index (χ0v) is 15.1. The fraction of sp³-hybridized carbons (Fsp3) is 0.200. The molecule has 0 spiro atoms. The number of aromatic nitrogens is 2. The summed E-state index contributed by atoms with van der Waals surface area (Å²) in [4.78, 5) is 32.4. The van der Waals surface area contributed by atoms with Gasteiger partial charge in [0.2, 0.25) is 5.91 Å². The van der Waals surface area contributed by atoms with Gasteiger partial charge < -0.3 is 9.73 Å². The molecule has 0 aliphatic heterocycles. The molecule has 0 radical (unpaired) electrons. The Balaban J connectivity index is 1.62. The van der Waals surface area contributed by atoms with Crippen molar-refractivity contribution in [1.29, 1.82) is 0 Å². The number of hydrogen-bond donors (Lipinski definition) is 1. The second kappa shape index (κ2) is 6.92. The lowest BCUT2D eigenvalue weighted by Gasteiger charge is -1.98. The lowest BCUT2D eigenvalue weighted by molar-refractivity contribution is -0.113. The van der Waals surface area contributed by atoms with Gasteiger partial charge in [0, 0.05) is 11.9 Å². The summed E-state index contributed by atoms with van der Waals surface area (Å²) < 4.78 is 5.53. The normalized spacial score (nSPS) is 11.0. The van der Waals surface area contributed by atoms with Gasteiger partial charge in [-0.15, -0.1) is 0 Å². The van der Waals surface area contributed by atoms with Gasteiger partial charge in [0.25, 0.3) is 5.22 Å². The van der Waals surface area contributed by atoms with Gasteiger partial charge in [0.15, 0.2) is 16.5 Å². The fourth-order valence-electron chi connectivity index (χ4n) is 2.00. The Bertz CT molecular complexity index is 935. The predicted molar refractivity (Wildman–Crippen MR) is 95.2 cm³/mol. The molecule has 124 valence electrons. The average molecular weight is 382 g/mol. The second-order valence-electron chi connectivity index (χ2n) is 4.92. The van der Waals surface area contributed by atoms with E-state index in [4.69, 9.17) is 16.0 Å². The van der Waals surface area contributed by atoms with E-state index in [1.54, 1.807) is 25.1 Å². The van der Waals surface area contributed by atoms with Crippen LogP contribution in [0.25, 0.3) is 11.1 Å². The number of carbonyl (C=O) groups is 2. The smallest absolute Gasteiger partial charge is 0.257 e. The highest BCUT2D eigenvalue weighted by Gasteiger charge is 2.14. The van der Waals surface area contributed by atoms with Crippen LogP contribution in [-0.4, -0.2) is 27.4 Å². The van der Waals surface area contributed by atoms with Crippen molar-refractivity contribution in [2.45, 2.75) is 19.1 Å². The van der Waals surface area contributed by atoms with Gasteiger partial charge >= 0.3 is 0 Å². The van der Waals surface area contributed by atoms with E-state index in [0.29, 0.717) is 37.0 Å². The molecule has 0 atom stereocenters. The summed E-state index contributed by atoms with van der Waals surface area (Å²) in [5.74, 6) is -0.191. The van der Waals surface area contributed by atoms with E-state index in [2.05, 4.69) is 15.3 Å². The van der Waals surface area contributed by atoms with E-state index >= 15 is 0 Å². The molecule has 2 heterocycles. The fourth-order valence-corrected chi connectivity index (χ4v) is 3.68. The number of oxazole rings is 1. The molecule has 2 aromatic heterocycles. The van der Waals surface area contributed by atoms with Crippen molar-refractivity contribution in [1.82, 2.24) is 9.97 Å². The second-order valence-corrected chi connectivity index (χ2v) is 7.28. The zero-order valence-electron chi connectivity index (χ0n) is 12.8. The topological polar surface area (TPSA) is 85.1 Å². The first-order valence-corrected chi connectivity index (χ1v) is 9.07. The van der Waals surface area contributed by atoms with E-state index in [9.17, 15) is 9.59 Å². The number of aryl methyl sites for hydroxylation is 1. The van der Waals surface area contributed by atoms with Crippen LogP contribution < -0.4 is 5.32 Å². The minimum absolute atomic E-state index is 0.0648. The number of ketones is 1. The van der Waals surface area contributed by atoms with Gasteiger partial charge in [0.1, 0.15) is 5.52 Å². The Hall–Kier alpha value is -1.90. The Kier molecular flexibility index (Phi) is 4.88. The molecule has 0 fully saturated rings. The van der Waals surface area contributed by atoms with Crippen molar-refractivity contribution in [2.75, 3.05) is 11.1 Å². The van der Waals surface area contributed by atoms with Crippen molar-refractivity contribution < 1.29 is 14.0 Å². The number of thioether (sulfide) groups is 1.